The van der Waals surface area contributed by atoms with Crippen LogP contribution in [0, 0.1) is 11.3 Å². The summed E-state index contributed by atoms with van der Waals surface area (Å²) in [7, 11) is 0. The molecule has 19 heavy (non-hydrogen) atoms. The number of amides is 1. The Morgan fingerprint density at radius 2 is 2.21 bits per heavy atom. The maximum atomic E-state index is 12.1. The second-order valence-corrected chi connectivity index (χ2v) is 4.39. The van der Waals surface area contributed by atoms with Crippen LogP contribution in [-0.4, -0.2) is 23.4 Å². The zero-order valence-electron chi connectivity index (χ0n) is 11.2. The van der Waals surface area contributed by atoms with Crippen LogP contribution in [0.25, 0.3) is 0 Å². The molecule has 0 saturated carbocycles. The number of nitrogens with zero attached hydrogens (tertiary/aromatic N) is 3. The summed E-state index contributed by atoms with van der Waals surface area (Å²) in [6.45, 7) is 5.38. The molecular formula is C14H15N3O2. The second-order valence-electron chi connectivity index (χ2n) is 4.39. The van der Waals surface area contributed by atoms with Crippen LogP contribution < -0.4 is 0 Å². The molecule has 5 heteroatoms. The van der Waals surface area contributed by atoms with E-state index in [1.165, 1.54) is 4.90 Å². The molecule has 0 fully saturated rings. The highest BCUT2D eigenvalue weighted by atomic mass is 16.6. The summed E-state index contributed by atoms with van der Waals surface area (Å²) in [5.74, 6) is 0.459. The number of fused-ring (bicyclic) bond motifs is 1. The fourth-order valence-electron chi connectivity index (χ4n) is 2.26. The Morgan fingerprint density at radius 1 is 1.53 bits per heavy atom. The first-order valence-corrected chi connectivity index (χ1v) is 6.07. The van der Waals surface area contributed by atoms with E-state index < -0.39 is 11.6 Å². The highest BCUT2D eigenvalue weighted by Gasteiger charge is 2.44. The van der Waals surface area contributed by atoms with Crippen LogP contribution in [0.2, 0.25) is 0 Å². The largest absolute Gasteiger partial charge is 0.449 e. The minimum atomic E-state index is -1.10. The van der Waals surface area contributed by atoms with Crippen molar-refractivity contribution in [2.45, 2.75) is 26.3 Å². The lowest BCUT2D eigenvalue weighted by Gasteiger charge is -2.38. The van der Waals surface area contributed by atoms with E-state index in [9.17, 15) is 10.1 Å². The quantitative estimate of drug-likeness (QED) is 0.776. The minimum absolute atomic E-state index is 0.256. The first-order valence-electron chi connectivity index (χ1n) is 6.07. The molecule has 1 atom stereocenters. The van der Waals surface area contributed by atoms with Crippen LogP contribution in [-0.2, 0) is 10.3 Å². The summed E-state index contributed by atoms with van der Waals surface area (Å²) in [6, 6.07) is 9.52. The number of para-hydroxylation sites is 1. The van der Waals surface area contributed by atoms with Crippen LogP contribution >= 0.6 is 0 Å². The van der Waals surface area contributed by atoms with E-state index in [0.717, 1.165) is 0 Å². The average Bonchev–Trinajstić information content (AvgIpc) is 2.39. The van der Waals surface area contributed by atoms with Gasteiger partial charge in [0.05, 0.1) is 18.4 Å². The van der Waals surface area contributed by atoms with Crippen molar-refractivity contribution < 1.29 is 9.53 Å². The third kappa shape index (κ3) is 1.95. The SMILES string of the molecule is CCOC(=O)N1C(C)=Nc2ccccc2C1(C)C#N. The number of rotatable bonds is 1. The summed E-state index contributed by atoms with van der Waals surface area (Å²) in [5, 5.41) is 9.55. The molecule has 0 spiro atoms. The molecule has 1 aliphatic heterocycles. The molecule has 2 rings (SSSR count). The summed E-state index contributed by atoms with van der Waals surface area (Å²) < 4.78 is 5.02. The van der Waals surface area contributed by atoms with Gasteiger partial charge in [0.1, 0.15) is 5.84 Å². The Labute approximate surface area is 112 Å². The predicted octanol–water partition coefficient (Wildman–Crippen LogP) is 2.95. The van der Waals surface area contributed by atoms with Gasteiger partial charge in [0.2, 0.25) is 0 Å². The molecule has 1 aromatic rings. The van der Waals surface area contributed by atoms with Gasteiger partial charge in [-0.2, -0.15) is 5.26 Å². The molecule has 5 nitrogen and oxygen atoms in total. The van der Waals surface area contributed by atoms with Gasteiger partial charge in [-0.05, 0) is 26.8 Å². The Morgan fingerprint density at radius 3 is 2.84 bits per heavy atom. The Balaban J connectivity index is 2.59. The van der Waals surface area contributed by atoms with Crippen molar-refractivity contribution in [2.24, 2.45) is 4.99 Å². The zero-order valence-corrected chi connectivity index (χ0v) is 11.2. The third-order valence-electron chi connectivity index (χ3n) is 3.15. The fourth-order valence-corrected chi connectivity index (χ4v) is 2.26. The van der Waals surface area contributed by atoms with Crippen molar-refractivity contribution in [3.05, 3.63) is 29.8 Å². The van der Waals surface area contributed by atoms with E-state index in [1.54, 1.807) is 26.8 Å². The van der Waals surface area contributed by atoms with E-state index in [2.05, 4.69) is 11.1 Å². The van der Waals surface area contributed by atoms with E-state index >= 15 is 0 Å². The summed E-state index contributed by atoms with van der Waals surface area (Å²) in [5.41, 5.74) is 0.315. The van der Waals surface area contributed by atoms with E-state index in [0.29, 0.717) is 17.1 Å². The van der Waals surface area contributed by atoms with E-state index in [-0.39, 0.29) is 6.61 Å². The van der Waals surface area contributed by atoms with Gasteiger partial charge >= 0.3 is 6.09 Å². The van der Waals surface area contributed by atoms with Crippen LogP contribution in [0.3, 0.4) is 0 Å². The molecule has 0 radical (unpaired) electrons. The van der Waals surface area contributed by atoms with Gasteiger partial charge < -0.3 is 4.74 Å². The predicted molar refractivity (Wildman–Crippen MR) is 71.0 cm³/mol. The number of carbonyl (C=O) groups is 1. The molecule has 0 bridgehead atoms. The standard InChI is InChI=1S/C14H15N3O2/c1-4-19-13(18)17-10(2)16-12-8-6-5-7-11(12)14(17,3)9-15/h5-8H,4H2,1-3H3. The summed E-state index contributed by atoms with van der Waals surface area (Å²) >= 11 is 0. The molecule has 1 amide bonds. The van der Waals surface area contributed by atoms with Crippen molar-refractivity contribution in [1.29, 1.82) is 5.26 Å². The number of hydrogen-bond donors (Lipinski definition) is 0. The van der Waals surface area contributed by atoms with Crippen LogP contribution in [0.4, 0.5) is 10.5 Å². The van der Waals surface area contributed by atoms with E-state index in [1.807, 2.05) is 18.2 Å². The van der Waals surface area contributed by atoms with Gasteiger partial charge in [-0.25, -0.2) is 14.7 Å². The van der Waals surface area contributed by atoms with Crippen molar-refractivity contribution in [3.63, 3.8) is 0 Å². The Kier molecular flexibility index (Phi) is 3.26. The zero-order chi connectivity index (χ0) is 14.0. The molecule has 1 heterocycles. The first-order chi connectivity index (χ1) is 9.04. The topological polar surface area (TPSA) is 65.7 Å². The maximum absolute atomic E-state index is 12.1. The first kappa shape index (κ1) is 13.1. The van der Waals surface area contributed by atoms with Crippen LogP contribution in [0.15, 0.2) is 29.3 Å². The Hall–Kier alpha value is -2.35. The molecule has 98 valence electrons. The van der Waals surface area contributed by atoms with Crippen molar-refractivity contribution in [2.75, 3.05) is 6.61 Å². The number of carbonyl (C=O) groups excluding carboxylic acids is 1. The van der Waals surface area contributed by atoms with Gasteiger partial charge in [-0.1, -0.05) is 18.2 Å². The monoisotopic (exact) mass is 257 g/mol. The second kappa shape index (κ2) is 4.73. The molecule has 0 aliphatic carbocycles. The molecule has 1 unspecified atom stereocenters. The van der Waals surface area contributed by atoms with Gasteiger partial charge in [-0.15, -0.1) is 0 Å². The third-order valence-corrected chi connectivity index (χ3v) is 3.15. The average molecular weight is 257 g/mol. The van der Waals surface area contributed by atoms with Crippen molar-refractivity contribution in [1.82, 2.24) is 4.90 Å². The normalized spacial score (nSPS) is 21.2. The summed E-state index contributed by atoms with van der Waals surface area (Å²) in [6.07, 6.45) is -0.553. The highest BCUT2D eigenvalue weighted by Crippen LogP contribution is 2.39. The minimum Gasteiger partial charge on any atom is -0.449 e. The lowest BCUT2D eigenvalue weighted by molar-refractivity contribution is 0.107. The van der Waals surface area contributed by atoms with Gasteiger partial charge in [0.15, 0.2) is 5.54 Å². The van der Waals surface area contributed by atoms with Gasteiger partial charge in [-0.3, -0.25) is 0 Å². The number of aliphatic imine (C=N–C) groups is 1. The number of hydrogen-bond acceptors (Lipinski definition) is 4. The van der Waals surface area contributed by atoms with Crippen molar-refractivity contribution in [3.8, 4) is 6.07 Å². The number of amidine groups is 1. The number of benzene rings is 1. The van der Waals surface area contributed by atoms with Gasteiger partial charge in [0, 0.05) is 5.56 Å². The Bertz CT molecular complexity index is 589. The molecule has 0 saturated heterocycles. The fraction of sp³-hybridized carbons (Fsp3) is 0.357. The number of nitriles is 1. The maximum Gasteiger partial charge on any atom is 0.416 e. The smallest absolute Gasteiger partial charge is 0.416 e. The molecule has 0 aromatic heterocycles. The van der Waals surface area contributed by atoms with Crippen LogP contribution in [0.1, 0.15) is 26.3 Å². The lowest BCUT2D eigenvalue weighted by Crippen LogP contribution is -2.51. The highest BCUT2D eigenvalue weighted by molar-refractivity contribution is 5.98. The summed E-state index contributed by atoms with van der Waals surface area (Å²) in [4.78, 5) is 17.7. The van der Waals surface area contributed by atoms with E-state index in [4.69, 9.17) is 4.74 Å². The molecule has 0 N–H and O–H groups in total. The molecule has 1 aromatic carbocycles. The van der Waals surface area contributed by atoms with Crippen LogP contribution in [0.5, 0.6) is 0 Å². The van der Waals surface area contributed by atoms with Gasteiger partial charge in [0.25, 0.3) is 0 Å². The molecule has 1 aliphatic rings. The molecular weight excluding hydrogens is 242 g/mol. The number of ether oxygens (including phenoxy) is 1. The van der Waals surface area contributed by atoms with Crippen molar-refractivity contribution >= 4 is 17.6 Å². The lowest BCUT2D eigenvalue weighted by atomic mass is 9.88.